The highest BCUT2D eigenvalue weighted by Crippen LogP contribution is 2.33. The fourth-order valence-corrected chi connectivity index (χ4v) is 3.13. The molecule has 3 aromatic rings. The summed E-state index contributed by atoms with van der Waals surface area (Å²) in [6.07, 6.45) is 3.92. The van der Waals surface area contributed by atoms with E-state index in [4.69, 9.17) is 9.47 Å². The number of methoxy groups -OCH3 is 1. The van der Waals surface area contributed by atoms with Gasteiger partial charge in [-0.3, -0.25) is 4.79 Å². The monoisotopic (exact) mass is 353 g/mol. The van der Waals surface area contributed by atoms with Crippen molar-refractivity contribution in [2.45, 2.75) is 13.8 Å². The molecular weight excluding hydrogens is 334 g/mol. The lowest BCUT2D eigenvalue weighted by Crippen LogP contribution is -2.08. The normalized spacial score (nSPS) is 11.0. The highest BCUT2D eigenvalue weighted by molar-refractivity contribution is 7.08. The molecular formula is C20H19NO3S. The molecule has 0 spiro atoms. The summed E-state index contributed by atoms with van der Waals surface area (Å²) in [5, 5.41) is 3.91. The van der Waals surface area contributed by atoms with Crippen molar-refractivity contribution >= 4 is 23.6 Å². The molecule has 0 aliphatic heterocycles. The van der Waals surface area contributed by atoms with E-state index in [1.165, 1.54) is 0 Å². The molecule has 5 heteroatoms. The van der Waals surface area contributed by atoms with Gasteiger partial charge in [-0.2, -0.15) is 0 Å². The standard InChI is InChI=1S/C20H19NO3S/c1-14-10-17(22)11-15(2)21(14)8-6-16-4-5-19(23-3)20(12-16)24-18-7-9-25-13-18/h4-13H,1-3H3/b8-6+. The second kappa shape index (κ2) is 7.40. The van der Waals surface area contributed by atoms with Crippen molar-refractivity contribution in [3.8, 4) is 17.2 Å². The summed E-state index contributed by atoms with van der Waals surface area (Å²) in [7, 11) is 1.62. The van der Waals surface area contributed by atoms with Crippen LogP contribution in [0.1, 0.15) is 17.0 Å². The van der Waals surface area contributed by atoms with Gasteiger partial charge in [0, 0.05) is 35.1 Å². The third-order valence-corrected chi connectivity index (χ3v) is 4.45. The Bertz CT molecular complexity index is 929. The van der Waals surface area contributed by atoms with Crippen molar-refractivity contribution in [2.75, 3.05) is 7.11 Å². The first-order valence-electron chi connectivity index (χ1n) is 7.83. The maximum absolute atomic E-state index is 11.5. The van der Waals surface area contributed by atoms with Gasteiger partial charge in [0.25, 0.3) is 0 Å². The Morgan fingerprint density at radius 2 is 1.80 bits per heavy atom. The molecule has 0 N–H and O–H groups in total. The number of ether oxygens (including phenoxy) is 2. The first-order valence-corrected chi connectivity index (χ1v) is 8.77. The molecule has 0 unspecified atom stereocenters. The number of aryl methyl sites for hydroxylation is 2. The van der Waals surface area contributed by atoms with Crippen molar-refractivity contribution < 1.29 is 9.47 Å². The van der Waals surface area contributed by atoms with E-state index >= 15 is 0 Å². The maximum Gasteiger partial charge on any atom is 0.182 e. The van der Waals surface area contributed by atoms with Gasteiger partial charge in [-0.05, 0) is 49.1 Å². The van der Waals surface area contributed by atoms with Gasteiger partial charge >= 0.3 is 0 Å². The molecule has 0 aliphatic carbocycles. The number of pyridine rings is 1. The number of rotatable bonds is 5. The van der Waals surface area contributed by atoms with Crippen molar-refractivity contribution in [1.29, 1.82) is 0 Å². The number of nitrogens with zero attached hydrogens (tertiary/aromatic N) is 1. The van der Waals surface area contributed by atoms with Gasteiger partial charge in [0.1, 0.15) is 5.75 Å². The summed E-state index contributed by atoms with van der Waals surface area (Å²) in [6, 6.07) is 10.9. The highest BCUT2D eigenvalue weighted by atomic mass is 32.1. The molecule has 0 fully saturated rings. The van der Waals surface area contributed by atoms with Gasteiger partial charge in [-0.1, -0.05) is 6.07 Å². The van der Waals surface area contributed by atoms with E-state index in [1.807, 2.05) is 65.7 Å². The molecule has 1 aromatic carbocycles. The topological polar surface area (TPSA) is 40.5 Å². The maximum atomic E-state index is 11.5. The van der Waals surface area contributed by atoms with Crippen molar-refractivity contribution in [2.24, 2.45) is 0 Å². The Morgan fingerprint density at radius 1 is 1.04 bits per heavy atom. The lowest BCUT2D eigenvalue weighted by molar-refractivity contribution is 0.379. The van der Waals surface area contributed by atoms with E-state index < -0.39 is 0 Å². The minimum absolute atomic E-state index is 0.0237. The molecule has 2 aromatic heterocycles. The average molecular weight is 353 g/mol. The van der Waals surface area contributed by atoms with Crippen molar-refractivity contribution in [3.63, 3.8) is 0 Å². The van der Waals surface area contributed by atoms with Crippen LogP contribution in [0.3, 0.4) is 0 Å². The van der Waals surface area contributed by atoms with Crippen LogP contribution in [0.15, 0.2) is 52.0 Å². The fraction of sp³-hybridized carbons (Fsp3) is 0.150. The fourth-order valence-electron chi connectivity index (χ4n) is 2.58. The summed E-state index contributed by atoms with van der Waals surface area (Å²) >= 11 is 1.58. The van der Waals surface area contributed by atoms with E-state index in [2.05, 4.69) is 0 Å². The zero-order valence-electron chi connectivity index (χ0n) is 14.4. The van der Waals surface area contributed by atoms with Crippen LogP contribution in [-0.4, -0.2) is 11.7 Å². The Balaban J connectivity index is 1.92. The smallest absolute Gasteiger partial charge is 0.182 e. The predicted molar refractivity (Wildman–Crippen MR) is 103 cm³/mol. The van der Waals surface area contributed by atoms with Crippen LogP contribution < -0.4 is 14.9 Å². The lowest BCUT2D eigenvalue weighted by atomic mass is 10.2. The summed E-state index contributed by atoms with van der Waals surface area (Å²) in [5.74, 6) is 2.13. The largest absolute Gasteiger partial charge is 0.493 e. The van der Waals surface area contributed by atoms with E-state index in [1.54, 1.807) is 30.6 Å². The quantitative estimate of drug-likeness (QED) is 0.651. The van der Waals surface area contributed by atoms with Gasteiger partial charge in [-0.25, -0.2) is 0 Å². The van der Waals surface area contributed by atoms with E-state index in [9.17, 15) is 4.79 Å². The Kier molecular flexibility index (Phi) is 5.05. The first kappa shape index (κ1) is 17.0. The SMILES string of the molecule is COc1ccc(/C=C/n2c(C)cc(=O)cc2C)cc1Oc1ccsc1. The van der Waals surface area contributed by atoms with Gasteiger partial charge < -0.3 is 14.0 Å². The predicted octanol–water partition coefficient (Wildman–Crippen LogP) is 4.96. The zero-order valence-corrected chi connectivity index (χ0v) is 15.2. The van der Waals surface area contributed by atoms with Gasteiger partial charge in [0.2, 0.25) is 0 Å². The third-order valence-electron chi connectivity index (χ3n) is 3.79. The van der Waals surface area contributed by atoms with Gasteiger partial charge in [0.15, 0.2) is 16.9 Å². The van der Waals surface area contributed by atoms with Crippen molar-refractivity contribution in [3.05, 3.63) is 74.3 Å². The van der Waals surface area contributed by atoms with Gasteiger partial charge in [-0.15, -0.1) is 11.3 Å². The van der Waals surface area contributed by atoms with Crippen LogP contribution in [-0.2, 0) is 0 Å². The molecule has 0 amide bonds. The van der Waals surface area contributed by atoms with Gasteiger partial charge in [0.05, 0.1) is 7.11 Å². The summed E-state index contributed by atoms with van der Waals surface area (Å²) in [6.45, 7) is 3.83. The highest BCUT2D eigenvalue weighted by Gasteiger charge is 2.07. The summed E-state index contributed by atoms with van der Waals surface area (Å²) < 4.78 is 13.3. The second-order valence-corrected chi connectivity index (χ2v) is 6.41. The first-order chi connectivity index (χ1) is 12.1. The number of hydrogen-bond donors (Lipinski definition) is 0. The van der Waals surface area contributed by atoms with Crippen LogP contribution in [0.4, 0.5) is 0 Å². The molecule has 25 heavy (non-hydrogen) atoms. The molecule has 2 heterocycles. The van der Waals surface area contributed by atoms with Crippen LogP contribution in [0, 0.1) is 13.8 Å². The molecule has 0 atom stereocenters. The molecule has 0 bridgehead atoms. The molecule has 0 radical (unpaired) electrons. The molecule has 4 nitrogen and oxygen atoms in total. The minimum Gasteiger partial charge on any atom is -0.493 e. The molecule has 0 saturated heterocycles. The third kappa shape index (κ3) is 4.00. The van der Waals surface area contributed by atoms with Crippen LogP contribution in [0.25, 0.3) is 12.3 Å². The lowest BCUT2D eigenvalue weighted by Gasteiger charge is -2.11. The molecule has 3 rings (SSSR count). The number of hydrogen-bond acceptors (Lipinski definition) is 4. The van der Waals surface area contributed by atoms with E-state index in [-0.39, 0.29) is 5.43 Å². The number of thiophene rings is 1. The molecule has 0 saturated carbocycles. The van der Waals surface area contributed by atoms with Crippen molar-refractivity contribution in [1.82, 2.24) is 4.57 Å². The summed E-state index contributed by atoms with van der Waals surface area (Å²) in [4.78, 5) is 11.5. The number of aromatic nitrogens is 1. The zero-order chi connectivity index (χ0) is 17.8. The summed E-state index contributed by atoms with van der Waals surface area (Å²) in [5.41, 5.74) is 2.79. The van der Waals surface area contributed by atoms with E-state index in [0.717, 1.165) is 22.7 Å². The molecule has 0 aliphatic rings. The Morgan fingerprint density at radius 3 is 2.44 bits per heavy atom. The van der Waals surface area contributed by atoms with Crippen LogP contribution >= 0.6 is 11.3 Å². The second-order valence-electron chi connectivity index (χ2n) is 5.63. The van der Waals surface area contributed by atoms with E-state index in [0.29, 0.717) is 11.5 Å². The molecule has 128 valence electrons. The number of benzene rings is 1. The van der Waals surface area contributed by atoms with Crippen LogP contribution in [0.2, 0.25) is 0 Å². The van der Waals surface area contributed by atoms with Crippen LogP contribution in [0.5, 0.6) is 17.2 Å². The average Bonchev–Trinajstić information content (AvgIpc) is 3.07. The Labute approximate surface area is 150 Å². The minimum atomic E-state index is 0.0237. The Hall–Kier alpha value is -2.79.